The van der Waals surface area contributed by atoms with E-state index in [9.17, 15) is 60.3 Å². The van der Waals surface area contributed by atoms with Crippen molar-refractivity contribution in [2.75, 3.05) is 34.0 Å². The first kappa shape index (κ1) is 66.3. The Bertz CT molecular complexity index is 1770. The molecule has 0 aromatic rings. The molecular weight excluding hydrogens is 913 g/mol. The number of rotatable bonds is 15. The first-order chi connectivity index (χ1) is 27.9. The maximum Gasteiger partial charge on any atom is 1.00 e. The van der Waals surface area contributed by atoms with Gasteiger partial charge in [0.1, 0.15) is 67.2 Å². The van der Waals surface area contributed by atoms with Gasteiger partial charge in [0.05, 0.1) is 0 Å². The maximum absolute atomic E-state index is 13.2. The van der Waals surface area contributed by atoms with Crippen LogP contribution >= 0.6 is 0 Å². The van der Waals surface area contributed by atoms with Gasteiger partial charge in [-0.1, -0.05) is 0 Å². The fourth-order valence-electron chi connectivity index (χ4n) is 10.1. The molecule has 0 aromatic carbocycles. The van der Waals surface area contributed by atoms with Crippen LogP contribution < -0.4 is 104 Å². The molecule has 0 saturated carbocycles. The Labute approximate surface area is 452 Å². The Balaban J connectivity index is 0.0000141. The van der Waals surface area contributed by atoms with E-state index in [2.05, 4.69) is 4.74 Å². The summed E-state index contributed by atoms with van der Waals surface area (Å²) in [4.78, 5) is 34.2. The molecule has 22 nitrogen and oxygen atoms in total. The Morgan fingerprint density at radius 2 is 0.621 bits per heavy atom. The van der Waals surface area contributed by atoms with Crippen LogP contribution in [0.25, 0.3) is 0 Å². The molecule has 368 valence electrons. The summed E-state index contributed by atoms with van der Waals surface area (Å²) in [6.07, 6.45) is -7.05. The predicted octanol–water partition coefficient (Wildman–Crippen LogP) is -10.1. The number of methoxy groups -OCH3 is 2. The van der Waals surface area contributed by atoms with E-state index in [1.807, 2.05) is 0 Å². The molecule has 0 bridgehead atoms. The van der Waals surface area contributed by atoms with Crippen LogP contribution in [0.3, 0.4) is 0 Å². The first-order valence-electron chi connectivity index (χ1n) is 20.4. The van der Waals surface area contributed by atoms with Crippen LogP contribution in [0.1, 0.15) is 123 Å². The second-order valence-corrected chi connectivity index (χ2v) is 19.5. The molecule has 0 aromatic heterocycles. The summed E-state index contributed by atoms with van der Waals surface area (Å²) in [5.41, 5.74) is -28.2. The van der Waals surface area contributed by atoms with Crippen molar-refractivity contribution in [3.63, 3.8) is 0 Å². The molecule has 0 spiro atoms. The monoisotopic (exact) mass is 982 g/mol. The third-order valence-electron chi connectivity index (χ3n) is 16.6. The summed E-state index contributed by atoms with van der Waals surface area (Å²) >= 11 is 0. The summed E-state index contributed by atoms with van der Waals surface area (Å²) < 4.78 is 58.9. The molecule has 0 amide bonds. The number of hydrogen-bond donors (Lipinski definition) is 6. The van der Waals surface area contributed by atoms with Gasteiger partial charge < -0.3 is 108 Å². The molecule has 15 unspecified atom stereocenters. The molecule has 25 heteroatoms. The van der Waals surface area contributed by atoms with E-state index < -0.39 is 136 Å². The molecule has 3 fully saturated rings. The van der Waals surface area contributed by atoms with Gasteiger partial charge in [-0.25, -0.2) is 0 Å². The Morgan fingerprint density at radius 1 is 0.394 bits per heavy atom. The average Bonchev–Trinajstić information content (AvgIpc) is 3.11. The zero-order valence-corrected chi connectivity index (χ0v) is 48.5. The summed E-state index contributed by atoms with van der Waals surface area (Å²) in [6, 6.07) is 0. The number of ether oxygens (including phenoxy) is 10. The van der Waals surface area contributed by atoms with Crippen LogP contribution in [-0.2, 0) is 47.4 Å². The number of carboxylic acid groups (broad SMARTS) is 3. The van der Waals surface area contributed by atoms with E-state index in [1.165, 1.54) is 90.4 Å². The van der Waals surface area contributed by atoms with Crippen molar-refractivity contribution in [1.29, 1.82) is 0 Å². The Morgan fingerprint density at radius 3 is 0.864 bits per heavy atom. The zero-order chi connectivity index (χ0) is 49.5. The minimum atomic E-state index is -2.80. The van der Waals surface area contributed by atoms with Gasteiger partial charge >= 0.3 is 88.7 Å². The van der Waals surface area contributed by atoms with Gasteiger partial charge in [-0.05, 0) is 123 Å². The predicted molar refractivity (Wildman–Crippen MR) is 207 cm³/mol. The van der Waals surface area contributed by atoms with Crippen LogP contribution in [0.5, 0.6) is 0 Å². The van der Waals surface area contributed by atoms with Crippen LogP contribution in [0.2, 0.25) is 0 Å². The quantitative estimate of drug-likeness (QED) is 0.0504. The van der Waals surface area contributed by atoms with E-state index in [0.29, 0.717) is 0 Å². The molecule has 0 radical (unpaired) electrons. The molecule has 0 aliphatic carbocycles. The number of carbonyl (C=O) groups excluding carboxylic acids is 3. The fraction of sp³-hybridized carbons (Fsp3) is 0.927. The summed E-state index contributed by atoms with van der Waals surface area (Å²) in [5, 5.41) is 110. The van der Waals surface area contributed by atoms with Gasteiger partial charge in [-0.2, -0.15) is 0 Å². The third-order valence-corrected chi connectivity index (χ3v) is 16.6. The number of aliphatic hydroxyl groups is 6. The molecule has 3 aliphatic rings. The van der Waals surface area contributed by atoms with Crippen molar-refractivity contribution in [2.24, 2.45) is 0 Å². The first-order valence-corrected chi connectivity index (χ1v) is 20.4. The fourth-order valence-corrected chi connectivity index (χ4v) is 10.1. The second-order valence-electron chi connectivity index (χ2n) is 19.5. The van der Waals surface area contributed by atoms with Gasteiger partial charge in [0.15, 0.2) is 17.4 Å². The van der Waals surface area contributed by atoms with E-state index in [4.69, 9.17) is 42.6 Å². The Kier molecular flexibility index (Phi) is 20.4. The van der Waals surface area contributed by atoms with Gasteiger partial charge in [0, 0.05) is 34.0 Å². The van der Waals surface area contributed by atoms with Crippen molar-refractivity contribution < 1.29 is 196 Å². The van der Waals surface area contributed by atoms with Gasteiger partial charge in [-0.15, -0.1) is 0 Å². The topological polar surface area (TPSA) is 334 Å². The average molecular weight is 983 g/mol. The van der Waals surface area contributed by atoms with Crippen molar-refractivity contribution in [1.82, 2.24) is 0 Å². The van der Waals surface area contributed by atoms with Gasteiger partial charge in [0.2, 0.25) is 0 Å². The standard InChI is InChI=1S/C41H72O22.3Na/c1-27(18-21-56-24(42)43)36(10,54-16)30(4,48)34(8,52)40(14,60-27)63-38(12)29(3,20-23-58-26(46)47)61-41(15,35(9,53)32(38,6)50)62-37(11)28(2,19-22-57-25(44)45)59-39(13,55-17)33(7,51)31(37,5)49;;;/h48-53H,18-23H2,1-17H3,(H,42,43)(H,44,45)(H,46,47);;;/q;3*+1/p-3. The second kappa shape index (κ2) is 20.3. The molecule has 15 atom stereocenters. The number of hydrogen-bond acceptors (Lipinski definition) is 22. The van der Waals surface area contributed by atoms with E-state index >= 15 is 0 Å². The summed E-state index contributed by atoms with van der Waals surface area (Å²) in [5.74, 6) is -7.22. The van der Waals surface area contributed by atoms with Gasteiger partial charge in [-0.3, -0.25) is 0 Å². The van der Waals surface area contributed by atoms with Crippen LogP contribution in [0, 0.1) is 0 Å². The van der Waals surface area contributed by atoms with Crippen LogP contribution in [0.4, 0.5) is 14.4 Å². The Hall–Kier alpha value is 0.290. The minimum absolute atomic E-state index is 0. The largest absolute Gasteiger partial charge is 1.00 e. The van der Waals surface area contributed by atoms with Crippen molar-refractivity contribution >= 4 is 18.5 Å². The number of carbonyl (C=O) groups is 3. The normalized spacial score (nSPS) is 49.0. The van der Waals surface area contributed by atoms with Crippen LogP contribution in [-0.4, -0.2) is 168 Å². The molecule has 3 heterocycles. The SMILES string of the molecule is COC1(C)OC(C)(CCOC(=O)[O-])C(C)(OC2(C)OC(C)(CCOC(=O)[O-])C(C)(OC3(C)OC(C)(CCOC(=O)[O-])C(C)(OC)C(C)(O)C3(C)O)C(C)(O)C2(C)O)C(C)(O)C1(C)O.[Na+].[Na+].[Na+]. The van der Waals surface area contributed by atoms with E-state index in [0.717, 1.165) is 27.7 Å². The molecule has 3 aliphatic heterocycles. The van der Waals surface area contributed by atoms with Crippen LogP contribution in [0.15, 0.2) is 0 Å². The minimum Gasteiger partial charge on any atom is -0.550 e. The molecular formula is C41H69Na3O22. The molecule has 66 heavy (non-hydrogen) atoms. The van der Waals surface area contributed by atoms with Crippen molar-refractivity contribution in [3.05, 3.63) is 0 Å². The van der Waals surface area contributed by atoms with E-state index in [-0.39, 0.29) is 95.1 Å². The van der Waals surface area contributed by atoms with Crippen molar-refractivity contribution in [3.8, 4) is 0 Å². The molecule has 3 saturated heterocycles. The maximum atomic E-state index is 13.2. The van der Waals surface area contributed by atoms with Crippen molar-refractivity contribution in [2.45, 2.75) is 208 Å². The smallest absolute Gasteiger partial charge is 0.550 e. The van der Waals surface area contributed by atoms with E-state index in [1.54, 1.807) is 0 Å². The molecule has 6 N–H and O–H groups in total. The summed E-state index contributed by atoms with van der Waals surface area (Å²) in [7, 11) is 2.40. The van der Waals surface area contributed by atoms with Gasteiger partial charge in [0.25, 0.3) is 18.5 Å². The third kappa shape index (κ3) is 9.43. The molecule has 3 rings (SSSR count). The zero-order valence-electron chi connectivity index (χ0n) is 42.5. The summed E-state index contributed by atoms with van der Waals surface area (Å²) in [6.45, 7) is 16.6.